The van der Waals surface area contributed by atoms with Gasteiger partial charge in [-0.3, -0.25) is 0 Å². The average Bonchev–Trinajstić information content (AvgIpc) is 2.97. The van der Waals surface area contributed by atoms with Crippen LogP contribution in [0.15, 0.2) is 23.1 Å². The summed E-state index contributed by atoms with van der Waals surface area (Å²) in [6.07, 6.45) is 0.809. The van der Waals surface area contributed by atoms with Crippen LogP contribution < -0.4 is 19.5 Å². The van der Waals surface area contributed by atoms with Crippen LogP contribution in [0.25, 0.3) is 0 Å². The number of rotatable bonds is 3. The lowest BCUT2D eigenvalue weighted by molar-refractivity contribution is 0.174. The van der Waals surface area contributed by atoms with Gasteiger partial charge in [0.1, 0.15) is 0 Å². The minimum atomic E-state index is -3.49. The fourth-order valence-electron chi connectivity index (χ4n) is 2.09. The Morgan fingerprint density at radius 2 is 2.11 bits per heavy atom. The SMILES string of the molecule is O=S(=O)(NC1CCNC1)c1ccc2c(c1)OCO2. The fourth-order valence-corrected chi connectivity index (χ4v) is 3.37. The van der Waals surface area contributed by atoms with E-state index in [1.807, 2.05) is 0 Å². The molecule has 0 aliphatic carbocycles. The molecule has 2 heterocycles. The van der Waals surface area contributed by atoms with Crippen LogP contribution in [0.4, 0.5) is 0 Å². The van der Waals surface area contributed by atoms with E-state index in [1.54, 1.807) is 6.07 Å². The van der Waals surface area contributed by atoms with Crippen molar-refractivity contribution in [2.75, 3.05) is 19.9 Å². The third-order valence-electron chi connectivity index (χ3n) is 3.04. The van der Waals surface area contributed by atoms with Gasteiger partial charge in [-0.15, -0.1) is 0 Å². The molecule has 2 aliphatic rings. The quantitative estimate of drug-likeness (QED) is 0.812. The van der Waals surface area contributed by atoms with Gasteiger partial charge >= 0.3 is 0 Å². The van der Waals surface area contributed by atoms with Crippen LogP contribution in [-0.4, -0.2) is 34.3 Å². The standard InChI is InChI=1S/C11H14N2O4S/c14-18(15,13-8-3-4-12-6-8)9-1-2-10-11(5-9)17-7-16-10/h1-2,5,8,12-13H,3-4,6-7H2. The van der Waals surface area contributed by atoms with E-state index in [0.717, 1.165) is 13.0 Å². The molecule has 2 N–H and O–H groups in total. The number of fused-ring (bicyclic) bond motifs is 1. The predicted molar refractivity (Wildman–Crippen MR) is 64.2 cm³/mol. The van der Waals surface area contributed by atoms with Gasteiger partial charge in [0.25, 0.3) is 0 Å². The molecule has 1 saturated heterocycles. The van der Waals surface area contributed by atoms with Gasteiger partial charge in [-0.2, -0.15) is 0 Å². The highest BCUT2D eigenvalue weighted by molar-refractivity contribution is 7.89. The van der Waals surface area contributed by atoms with Crippen LogP contribution in [0.2, 0.25) is 0 Å². The van der Waals surface area contributed by atoms with Gasteiger partial charge in [-0.05, 0) is 25.1 Å². The van der Waals surface area contributed by atoms with Crippen LogP contribution in [0.5, 0.6) is 11.5 Å². The van der Waals surface area contributed by atoms with Crippen LogP contribution in [0.3, 0.4) is 0 Å². The molecule has 1 aromatic rings. The average molecular weight is 270 g/mol. The highest BCUT2D eigenvalue weighted by atomic mass is 32.2. The van der Waals surface area contributed by atoms with E-state index in [0.29, 0.717) is 18.0 Å². The lowest BCUT2D eigenvalue weighted by atomic mass is 10.3. The Bertz CT molecular complexity index is 552. The summed E-state index contributed by atoms with van der Waals surface area (Å²) < 4.78 is 37.3. The number of nitrogens with one attached hydrogen (secondary N) is 2. The topological polar surface area (TPSA) is 76.7 Å². The zero-order valence-electron chi connectivity index (χ0n) is 9.68. The number of hydrogen-bond donors (Lipinski definition) is 2. The lowest BCUT2D eigenvalue weighted by Crippen LogP contribution is -2.36. The van der Waals surface area contributed by atoms with Crippen molar-refractivity contribution in [1.29, 1.82) is 0 Å². The molecule has 1 aromatic carbocycles. The molecule has 1 fully saturated rings. The Morgan fingerprint density at radius 1 is 1.28 bits per heavy atom. The highest BCUT2D eigenvalue weighted by Gasteiger charge is 2.24. The maximum atomic E-state index is 12.2. The third-order valence-corrected chi connectivity index (χ3v) is 4.55. The van der Waals surface area contributed by atoms with Gasteiger partial charge < -0.3 is 14.8 Å². The van der Waals surface area contributed by atoms with E-state index in [2.05, 4.69) is 10.0 Å². The first-order chi connectivity index (χ1) is 8.65. The van der Waals surface area contributed by atoms with Gasteiger partial charge in [0.2, 0.25) is 16.8 Å². The molecule has 1 atom stereocenters. The summed E-state index contributed by atoms with van der Waals surface area (Å²) in [4.78, 5) is 0.207. The van der Waals surface area contributed by atoms with Crippen LogP contribution in [0.1, 0.15) is 6.42 Å². The Morgan fingerprint density at radius 3 is 2.89 bits per heavy atom. The molecule has 0 saturated carbocycles. The Hall–Kier alpha value is -1.31. The predicted octanol–water partition coefficient (Wildman–Crippen LogP) is 0.0555. The van der Waals surface area contributed by atoms with Crippen molar-refractivity contribution in [3.05, 3.63) is 18.2 Å². The molecule has 0 bridgehead atoms. The summed E-state index contributed by atoms with van der Waals surface area (Å²) in [5.74, 6) is 1.05. The molecule has 1 unspecified atom stereocenters. The first-order valence-electron chi connectivity index (χ1n) is 5.78. The molecule has 0 amide bonds. The van der Waals surface area contributed by atoms with Crippen molar-refractivity contribution in [2.24, 2.45) is 0 Å². The number of benzene rings is 1. The molecular formula is C11H14N2O4S. The Labute approximate surface area is 105 Å². The third kappa shape index (κ3) is 2.16. The second-order valence-electron chi connectivity index (χ2n) is 4.33. The molecule has 18 heavy (non-hydrogen) atoms. The van der Waals surface area contributed by atoms with Gasteiger partial charge in [0.15, 0.2) is 11.5 Å². The van der Waals surface area contributed by atoms with Gasteiger partial charge in [0, 0.05) is 18.7 Å². The Balaban J connectivity index is 1.84. The molecule has 0 aromatic heterocycles. The summed E-state index contributed by atoms with van der Waals surface area (Å²) in [6, 6.07) is 4.59. The number of sulfonamides is 1. The second-order valence-corrected chi connectivity index (χ2v) is 6.04. The molecule has 2 aliphatic heterocycles. The summed E-state index contributed by atoms with van der Waals surface area (Å²) in [5.41, 5.74) is 0. The summed E-state index contributed by atoms with van der Waals surface area (Å²) in [5, 5.41) is 3.12. The molecule has 7 heteroatoms. The minimum absolute atomic E-state index is 0.0413. The van der Waals surface area contributed by atoms with E-state index in [-0.39, 0.29) is 17.7 Å². The van der Waals surface area contributed by atoms with Crippen molar-refractivity contribution in [1.82, 2.24) is 10.0 Å². The molecule has 98 valence electrons. The normalized spacial score (nSPS) is 22.3. The van der Waals surface area contributed by atoms with Gasteiger partial charge in [0.05, 0.1) is 4.90 Å². The second kappa shape index (κ2) is 4.42. The number of hydrogen-bond acceptors (Lipinski definition) is 5. The molecular weight excluding hydrogens is 256 g/mol. The largest absolute Gasteiger partial charge is 0.454 e. The van der Waals surface area contributed by atoms with Crippen molar-refractivity contribution in [3.63, 3.8) is 0 Å². The summed E-state index contributed by atoms with van der Waals surface area (Å²) >= 11 is 0. The van der Waals surface area contributed by atoms with E-state index < -0.39 is 10.0 Å². The lowest BCUT2D eigenvalue weighted by Gasteiger charge is -2.12. The van der Waals surface area contributed by atoms with Crippen molar-refractivity contribution in [3.8, 4) is 11.5 Å². The minimum Gasteiger partial charge on any atom is -0.454 e. The van der Waals surface area contributed by atoms with Crippen molar-refractivity contribution in [2.45, 2.75) is 17.4 Å². The summed E-state index contributed by atoms with van der Waals surface area (Å²) in [7, 11) is -3.49. The number of ether oxygens (including phenoxy) is 2. The van der Waals surface area contributed by atoms with Crippen molar-refractivity contribution >= 4 is 10.0 Å². The van der Waals surface area contributed by atoms with E-state index >= 15 is 0 Å². The van der Waals surface area contributed by atoms with Gasteiger partial charge in [-0.25, -0.2) is 13.1 Å². The van der Waals surface area contributed by atoms with E-state index in [9.17, 15) is 8.42 Å². The first kappa shape index (κ1) is 11.8. The highest BCUT2D eigenvalue weighted by Crippen LogP contribution is 2.33. The zero-order valence-corrected chi connectivity index (χ0v) is 10.5. The Kier molecular flexibility index (Phi) is 2.89. The van der Waals surface area contributed by atoms with E-state index in [4.69, 9.17) is 9.47 Å². The van der Waals surface area contributed by atoms with Crippen molar-refractivity contribution < 1.29 is 17.9 Å². The zero-order chi connectivity index (χ0) is 12.6. The molecule has 0 spiro atoms. The first-order valence-corrected chi connectivity index (χ1v) is 7.26. The van der Waals surface area contributed by atoms with Gasteiger partial charge in [-0.1, -0.05) is 0 Å². The van der Waals surface area contributed by atoms with Crippen LogP contribution in [-0.2, 0) is 10.0 Å². The monoisotopic (exact) mass is 270 g/mol. The summed E-state index contributed by atoms with van der Waals surface area (Å²) in [6.45, 7) is 1.65. The van der Waals surface area contributed by atoms with E-state index in [1.165, 1.54) is 12.1 Å². The maximum absolute atomic E-state index is 12.2. The molecule has 0 radical (unpaired) electrons. The van der Waals surface area contributed by atoms with Crippen LogP contribution >= 0.6 is 0 Å². The molecule has 6 nitrogen and oxygen atoms in total. The molecule has 3 rings (SSSR count). The maximum Gasteiger partial charge on any atom is 0.241 e. The smallest absolute Gasteiger partial charge is 0.241 e. The fraction of sp³-hybridized carbons (Fsp3) is 0.455. The van der Waals surface area contributed by atoms with Crippen LogP contribution in [0, 0.1) is 0 Å².